The third-order valence-electron chi connectivity index (χ3n) is 3.61. The monoisotopic (exact) mass is 222 g/mol. The van der Waals surface area contributed by atoms with Crippen LogP contribution in [0.1, 0.15) is 43.7 Å². The Labute approximate surface area is 97.6 Å². The van der Waals surface area contributed by atoms with Gasteiger partial charge in [-0.1, -0.05) is 6.92 Å². The van der Waals surface area contributed by atoms with E-state index in [4.69, 9.17) is 10.2 Å². The summed E-state index contributed by atoms with van der Waals surface area (Å²) in [6.45, 7) is 6.03. The summed E-state index contributed by atoms with van der Waals surface area (Å²) in [5, 5.41) is 0. The molecule has 0 aliphatic carbocycles. The molecule has 0 bridgehead atoms. The van der Waals surface area contributed by atoms with Crippen LogP contribution in [-0.4, -0.2) is 24.0 Å². The predicted octanol–water partition coefficient (Wildman–Crippen LogP) is 2.46. The normalized spacial score (nSPS) is 23.8. The van der Waals surface area contributed by atoms with E-state index in [1.807, 2.05) is 13.0 Å². The van der Waals surface area contributed by atoms with Gasteiger partial charge in [-0.3, -0.25) is 4.90 Å². The number of hydrogen-bond acceptors (Lipinski definition) is 3. The van der Waals surface area contributed by atoms with E-state index in [0.717, 1.165) is 18.1 Å². The highest BCUT2D eigenvalue weighted by molar-refractivity contribution is 5.11. The molecule has 1 aromatic rings. The molecule has 1 fully saturated rings. The number of nitrogens with two attached hydrogens (primary N) is 1. The molecule has 1 saturated heterocycles. The molecule has 0 saturated carbocycles. The first kappa shape index (κ1) is 11.7. The molecule has 2 atom stereocenters. The molecular formula is C13H22N2O. The minimum atomic E-state index is 0.265. The van der Waals surface area contributed by atoms with Crippen molar-refractivity contribution in [1.82, 2.24) is 4.90 Å². The summed E-state index contributed by atoms with van der Waals surface area (Å²) in [5.74, 6) is 2.00. The highest BCUT2D eigenvalue weighted by atomic mass is 16.3. The largest absolute Gasteiger partial charge is 0.465 e. The molecule has 90 valence electrons. The summed E-state index contributed by atoms with van der Waals surface area (Å²) in [7, 11) is 0. The Morgan fingerprint density at radius 3 is 2.94 bits per heavy atom. The van der Waals surface area contributed by atoms with Crippen LogP contribution in [-0.2, 0) is 0 Å². The number of aryl methyl sites for hydroxylation is 1. The predicted molar refractivity (Wildman–Crippen MR) is 65.3 cm³/mol. The van der Waals surface area contributed by atoms with Crippen LogP contribution in [0, 0.1) is 6.92 Å². The number of nitrogens with zero attached hydrogens (tertiary/aromatic N) is 1. The molecule has 1 aliphatic rings. The van der Waals surface area contributed by atoms with Crippen LogP contribution in [0.5, 0.6) is 0 Å². The quantitative estimate of drug-likeness (QED) is 0.851. The maximum atomic E-state index is 5.91. The number of rotatable bonds is 4. The van der Waals surface area contributed by atoms with Crippen LogP contribution in [0.3, 0.4) is 0 Å². The van der Waals surface area contributed by atoms with Crippen molar-refractivity contribution >= 4 is 0 Å². The molecule has 0 spiro atoms. The lowest BCUT2D eigenvalue weighted by Crippen LogP contribution is -2.36. The lowest BCUT2D eigenvalue weighted by molar-refractivity contribution is 0.159. The SMILES string of the molecule is CCC1CCCN1C(CN)c1ccc(C)o1. The number of likely N-dealkylation sites (tertiary alicyclic amines) is 1. The number of hydrogen-bond donors (Lipinski definition) is 1. The van der Waals surface area contributed by atoms with E-state index in [9.17, 15) is 0 Å². The lowest BCUT2D eigenvalue weighted by atomic mass is 10.1. The molecular weight excluding hydrogens is 200 g/mol. The molecule has 2 N–H and O–H groups in total. The molecule has 3 heteroatoms. The average molecular weight is 222 g/mol. The molecule has 0 amide bonds. The van der Waals surface area contributed by atoms with Crippen molar-refractivity contribution in [2.75, 3.05) is 13.1 Å². The lowest BCUT2D eigenvalue weighted by Gasteiger charge is -2.30. The average Bonchev–Trinajstić information content (AvgIpc) is 2.89. The van der Waals surface area contributed by atoms with Crippen LogP contribution >= 0.6 is 0 Å². The summed E-state index contributed by atoms with van der Waals surface area (Å²) >= 11 is 0. The van der Waals surface area contributed by atoms with Gasteiger partial charge in [0, 0.05) is 12.6 Å². The second kappa shape index (κ2) is 5.02. The van der Waals surface area contributed by atoms with Gasteiger partial charge in [0.05, 0.1) is 6.04 Å². The van der Waals surface area contributed by atoms with Crippen molar-refractivity contribution in [1.29, 1.82) is 0 Å². The first-order valence-corrected chi connectivity index (χ1v) is 6.28. The van der Waals surface area contributed by atoms with Gasteiger partial charge in [0.2, 0.25) is 0 Å². The fraction of sp³-hybridized carbons (Fsp3) is 0.692. The van der Waals surface area contributed by atoms with Crippen LogP contribution in [0.25, 0.3) is 0 Å². The van der Waals surface area contributed by atoms with Crippen LogP contribution in [0.4, 0.5) is 0 Å². The Bertz CT molecular complexity index is 334. The summed E-state index contributed by atoms with van der Waals surface area (Å²) in [5.41, 5.74) is 5.91. The van der Waals surface area contributed by atoms with Gasteiger partial charge in [0.1, 0.15) is 11.5 Å². The molecule has 2 heterocycles. The highest BCUT2D eigenvalue weighted by Crippen LogP contribution is 2.30. The Kier molecular flexibility index (Phi) is 3.66. The third kappa shape index (κ3) is 2.15. The van der Waals surface area contributed by atoms with E-state index in [0.29, 0.717) is 12.6 Å². The zero-order chi connectivity index (χ0) is 11.5. The molecule has 16 heavy (non-hydrogen) atoms. The molecule has 0 aromatic carbocycles. The summed E-state index contributed by atoms with van der Waals surface area (Å²) in [6.07, 6.45) is 3.79. The summed E-state index contributed by atoms with van der Waals surface area (Å²) in [6, 6.07) is 5.03. The topological polar surface area (TPSA) is 42.4 Å². The van der Waals surface area contributed by atoms with E-state index in [-0.39, 0.29) is 6.04 Å². The van der Waals surface area contributed by atoms with Gasteiger partial charge in [-0.25, -0.2) is 0 Å². The zero-order valence-electron chi connectivity index (χ0n) is 10.3. The smallest absolute Gasteiger partial charge is 0.122 e. The second-order valence-electron chi connectivity index (χ2n) is 4.64. The maximum absolute atomic E-state index is 5.91. The first-order chi connectivity index (χ1) is 7.76. The van der Waals surface area contributed by atoms with Gasteiger partial charge in [-0.2, -0.15) is 0 Å². The van der Waals surface area contributed by atoms with Crippen molar-refractivity contribution in [3.05, 3.63) is 23.7 Å². The van der Waals surface area contributed by atoms with E-state index >= 15 is 0 Å². The standard InChI is InChI=1S/C13H22N2O/c1-3-11-5-4-8-15(11)12(9-14)13-7-6-10(2)16-13/h6-7,11-12H,3-5,8-9,14H2,1-2H3. The second-order valence-corrected chi connectivity index (χ2v) is 4.64. The Morgan fingerprint density at radius 2 is 2.38 bits per heavy atom. The van der Waals surface area contributed by atoms with Crippen molar-refractivity contribution in [3.63, 3.8) is 0 Å². The Hall–Kier alpha value is -0.800. The molecule has 2 unspecified atom stereocenters. The summed E-state index contributed by atoms with van der Waals surface area (Å²) in [4.78, 5) is 2.51. The minimum Gasteiger partial charge on any atom is -0.465 e. The van der Waals surface area contributed by atoms with Gasteiger partial charge in [-0.15, -0.1) is 0 Å². The minimum absolute atomic E-state index is 0.265. The maximum Gasteiger partial charge on any atom is 0.122 e. The van der Waals surface area contributed by atoms with E-state index < -0.39 is 0 Å². The molecule has 0 radical (unpaired) electrons. The van der Waals surface area contributed by atoms with Crippen molar-refractivity contribution in [2.24, 2.45) is 5.73 Å². The fourth-order valence-corrected chi connectivity index (χ4v) is 2.75. The zero-order valence-corrected chi connectivity index (χ0v) is 10.3. The van der Waals surface area contributed by atoms with E-state index in [1.54, 1.807) is 0 Å². The van der Waals surface area contributed by atoms with E-state index in [1.165, 1.54) is 19.3 Å². The van der Waals surface area contributed by atoms with Crippen molar-refractivity contribution in [3.8, 4) is 0 Å². The van der Waals surface area contributed by atoms with Gasteiger partial charge >= 0.3 is 0 Å². The van der Waals surface area contributed by atoms with Gasteiger partial charge in [0.15, 0.2) is 0 Å². The molecule has 1 aliphatic heterocycles. The number of furan rings is 1. The van der Waals surface area contributed by atoms with Crippen LogP contribution < -0.4 is 5.73 Å². The first-order valence-electron chi connectivity index (χ1n) is 6.28. The van der Waals surface area contributed by atoms with Crippen LogP contribution in [0.15, 0.2) is 16.5 Å². The van der Waals surface area contributed by atoms with Crippen LogP contribution in [0.2, 0.25) is 0 Å². The Morgan fingerprint density at radius 1 is 1.56 bits per heavy atom. The summed E-state index contributed by atoms with van der Waals surface area (Å²) < 4.78 is 5.72. The van der Waals surface area contributed by atoms with Gasteiger partial charge < -0.3 is 10.2 Å². The molecule has 2 rings (SSSR count). The fourth-order valence-electron chi connectivity index (χ4n) is 2.75. The third-order valence-corrected chi connectivity index (χ3v) is 3.61. The van der Waals surface area contributed by atoms with E-state index in [2.05, 4.69) is 17.9 Å². The van der Waals surface area contributed by atoms with Gasteiger partial charge in [-0.05, 0) is 44.9 Å². The highest BCUT2D eigenvalue weighted by Gasteiger charge is 2.31. The molecule has 3 nitrogen and oxygen atoms in total. The Balaban J connectivity index is 2.15. The van der Waals surface area contributed by atoms with Gasteiger partial charge in [0.25, 0.3) is 0 Å². The molecule has 1 aromatic heterocycles. The van der Waals surface area contributed by atoms with Crippen molar-refractivity contribution in [2.45, 2.75) is 45.2 Å². The van der Waals surface area contributed by atoms with Crippen molar-refractivity contribution < 1.29 is 4.42 Å².